The highest BCUT2D eigenvalue weighted by Crippen LogP contribution is 2.19. The van der Waals surface area contributed by atoms with E-state index in [0.29, 0.717) is 12.3 Å². The molecule has 0 amide bonds. The third-order valence-electron chi connectivity index (χ3n) is 2.61. The van der Waals surface area contributed by atoms with Gasteiger partial charge in [-0.25, -0.2) is 0 Å². The highest BCUT2D eigenvalue weighted by molar-refractivity contribution is 5.85. The van der Waals surface area contributed by atoms with Gasteiger partial charge in [0.2, 0.25) is 0 Å². The molecule has 90 valence electrons. The average molecular weight is 213 g/mol. The zero-order valence-corrected chi connectivity index (χ0v) is 11.5. The van der Waals surface area contributed by atoms with E-state index in [1.54, 1.807) is 0 Å². The molecule has 0 aromatic carbocycles. The van der Waals surface area contributed by atoms with Crippen LogP contribution in [-0.4, -0.2) is 29.3 Å². The van der Waals surface area contributed by atoms with Crippen molar-refractivity contribution in [3.8, 4) is 0 Å². The maximum atomic E-state index is 12.0. The molecule has 0 fully saturated rings. The molecule has 0 aromatic rings. The van der Waals surface area contributed by atoms with Gasteiger partial charge in [0.1, 0.15) is 0 Å². The van der Waals surface area contributed by atoms with E-state index in [4.69, 9.17) is 0 Å². The van der Waals surface area contributed by atoms with Gasteiger partial charge in [-0.05, 0) is 33.7 Å². The van der Waals surface area contributed by atoms with Gasteiger partial charge in [-0.3, -0.25) is 9.69 Å². The number of carbonyl (C=O) groups is 1. The molecule has 0 saturated carbocycles. The van der Waals surface area contributed by atoms with Crippen LogP contribution >= 0.6 is 0 Å². The summed E-state index contributed by atoms with van der Waals surface area (Å²) in [7, 11) is 0. The molecule has 0 unspecified atom stereocenters. The van der Waals surface area contributed by atoms with Crippen LogP contribution in [0.3, 0.4) is 0 Å². The van der Waals surface area contributed by atoms with E-state index in [2.05, 4.69) is 32.6 Å². The number of ketones is 1. The molecule has 0 aliphatic carbocycles. The quantitative estimate of drug-likeness (QED) is 0.715. The lowest BCUT2D eigenvalue weighted by molar-refractivity contribution is -0.128. The zero-order chi connectivity index (χ0) is 12.3. The number of Topliss-reactive ketones (excluding diaryl/α,β-unsaturated/α-hetero) is 1. The Labute approximate surface area is 95.0 Å². The van der Waals surface area contributed by atoms with Gasteiger partial charge in [0.25, 0.3) is 0 Å². The second kappa shape index (κ2) is 5.11. The molecule has 0 atom stereocenters. The first kappa shape index (κ1) is 14.6. The molecule has 0 aromatic heterocycles. The fourth-order valence-corrected chi connectivity index (χ4v) is 1.33. The minimum Gasteiger partial charge on any atom is -0.298 e. The highest BCUT2D eigenvalue weighted by Gasteiger charge is 2.28. The predicted octanol–water partition coefficient (Wildman–Crippen LogP) is 3.11. The fraction of sp³-hybridized carbons (Fsp3) is 0.923. The summed E-state index contributed by atoms with van der Waals surface area (Å²) in [6, 6.07) is 0. The number of hydrogen-bond acceptors (Lipinski definition) is 2. The van der Waals surface area contributed by atoms with Crippen molar-refractivity contribution < 1.29 is 4.79 Å². The SMILES string of the molecule is CCCN(CC(=O)C(C)(C)C)C(C)(C)C. The number of carbonyl (C=O) groups excluding carboxylic acids is 1. The number of rotatable bonds is 4. The third-order valence-corrected chi connectivity index (χ3v) is 2.61. The lowest BCUT2D eigenvalue weighted by Gasteiger charge is -2.36. The first-order chi connectivity index (χ1) is 6.59. The van der Waals surface area contributed by atoms with E-state index in [1.807, 2.05) is 20.8 Å². The van der Waals surface area contributed by atoms with Crippen LogP contribution < -0.4 is 0 Å². The van der Waals surface area contributed by atoms with Crippen LogP contribution in [-0.2, 0) is 4.79 Å². The minimum atomic E-state index is -0.225. The summed E-state index contributed by atoms with van der Waals surface area (Å²) in [5.41, 5.74) is -0.145. The molecule has 0 rings (SSSR count). The molecule has 0 aliphatic heterocycles. The minimum absolute atomic E-state index is 0.0803. The Morgan fingerprint density at radius 1 is 1.07 bits per heavy atom. The van der Waals surface area contributed by atoms with E-state index in [9.17, 15) is 4.79 Å². The standard InChI is InChI=1S/C13H27NO/c1-8-9-14(13(5,6)7)10-11(15)12(2,3)4/h8-10H2,1-7H3. The molecular weight excluding hydrogens is 186 g/mol. The first-order valence-corrected chi connectivity index (χ1v) is 5.87. The summed E-state index contributed by atoms with van der Waals surface area (Å²) < 4.78 is 0. The van der Waals surface area contributed by atoms with Crippen molar-refractivity contribution in [1.29, 1.82) is 0 Å². The monoisotopic (exact) mass is 213 g/mol. The van der Waals surface area contributed by atoms with Crippen LogP contribution in [0.2, 0.25) is 0 Å². The Balaban J connectivity index is 4.50. The fourth-order valence-electron chi connectivity index (χ4n) is 1.33. The Hall–Kier alpha value is -0.370. The lowest BCUT2D eigenvalue weighted by atomic mass is 9.89. The van der Waals surface area contributed by atoms with Gasteiger partial charge < -0.3 is 0 Å². The largest absolute Gasteiger partial charge is 0.298 e. The van der Waals surface area contributed by atoms with E-state index in [-0.39, 0.29) is 11.0 Å². The average Bonchev–Trinajstić information content (AvgIpc) is 1.99. The van der Waals surface area contributed by atoms with Crippen molar-refractivity contribution in [2.24, 2.45) is 5.41 Å². The van der Waals surface area contributed by atoms with E-state index in [1.165, 1.54) is 0 Å². The molecule has 2 heteroatoms. The topological polar surface area (TPSA) is 20.3 Å². The van der Waals surface area contributed by atoms with Gasteiger partial charge in [0, 0.05) is 11.0 Å². The first-order valence-electron chi connectivity index (χ1n) is 5.87. The van der Waals surface area contributed by atoms with Crippen molar-refractivity contribution in [3.05, 3.63) is 0 Å². The lowest BCUT2D eigenvalue weighted by Crippen LogP contribution is -2.46. The Morgan fingerprint density at radius 3 is 1.80 bits per heavy atom. The predicted molar refractivity (Wildman–Crippen MR) is 66.1 cm³/mol. The van der Waals surface area contributed by atoms with Gasteiger partial charge in [-0.1, -0.05) is 27.7 Å². The van der Waals surface area contributed by atoms with Gasteiger partial charge in [0.15, 0.2) is 5.78 Å². The third kappa shape index (κ3) is 5.31. The Kier molecular flexibility index (Phi) is 4.98. The maximum absolute atomic E-state index is 12.0. The molecule has 0 N–H and O–H groups in total. The number of hydrogen-bond donors (Lipinski definition) is 0. The van der Waals surface area contributed by atoms with E-state index >= 15 is 0 Å². The maximum Gasteiger partial charge on any atom is 0.152 e. The molecule has 15 heavy (non-hydrogen) atoms. The second-order valence-corrected chi connectivity index (χ2v) is 6.27. The number of nitrogens with zero attached hydrogens (tertiary/aromatic N) is 1. The van der Waals surface area contributed by atoms with Crippen LogP contribution in [0.15, 0.2) is 0 Å². The summed E-state index contributed by atoms with van der Waals surface area (Å²) in [5.74, 6) is 0.325. The summed E-state index contributed by atoms with van der Waals surface area (Å²) in [6.07, 6.45) is 1.09. The molecule has 0 heterocycles. The van der Waals surface area contributed by atoms with Gasteiger partial charge in [0.05, 0.1) is 6.54 Å². The van der Waals surface area contributed by atoms with Gasteiger partial charge >= 0.3 is 0 Å². The Bertz CT molecular complexity index is 208. The zero-order valence-electron chi connectivity index (χ0n) is 11.5. The van der Waals surface area contributed by atoms with Gasteiger partial charge in [-0.15, -0.1) is 0 Å². The van der Waals surface area contributed by atoms with Crippen LogP contribution in [0.25, 0.3) is 0 Å². The van der Waals surface area contributed by atoms with E-state index < -0.39 is 0 Å². The Morgan fingerprint density at radius 2 is 1.53 bits per heavy atom. The summed E-state index contributed by atoms with van der Waals surface area (Å²) in [6.45, 7) is 16.2. The van der Waals surface area contributed by atoms with Crippen LogP contribution in [0.5, 0.6) is 0 Å². The highest BCUT2D eigenvalue weighted by atomic mass is 16.1. The summed E-state index contributed by atoms with van der Waals surface area (Å²) in [4.78, 5) is 14.2. The second-order valence-electron chi connectivity index (χ2n) is 6.27. The molecule has 0 aliphatic rings. The van der Waals surface area contributed by atoms with Crippen molar-refractivity contribution in [2.45, 2.75) is 60.4 Å². The molecule has 0 saturated heterocycles. The van der Waals surface area contributed by atoms with Crippen molar-refractivity contribution in [2.75, 3.05) is 13.1 Å². The van der Waals surface area contributed by atoms with Crippen molar-refractivity contribution in [3.63, 3.8) is 0 Å². The van der Waals surface area contributed by atoms with Gasteiger partial charge in [-0.2, -0.15) is 0 Å². The smallest absolute Gasteiger partial charge is 0.152 e. The van der Waals surface area contributed by atoms with Crippen LogP contribution in [0.4, 0.5) is 0 Å². The molecule has 0 radical (unpaired) electrons. The normalized spacial score (nSPS) is 13.3. The van der Waals surface area contributed by atoms with Crippen molar-refractivity contribution in [1.82, 2.24) is 4.90 Å². The molecule has 0 bridgehead atoms. The van der Waals surface area contributed by atoms with E-state index in [0.717, 1.165) is 13.0 Å². The van der Waals surface area contributed by atoms with Crippen LogP contribution in [0.1, 0.15) is 54.9 Å². The summed E-state index contributed by atoms with van der Waals surface area (Å²) >= 11 is 0. The molecular formula is C13H27NO. The molecule has 2 nitrogen and oxygen atoms in total. The van der Waals surface area contributed by atoms with Crippen molar-refractivity contribution >= 4 is 5.78 Å². The van der Waals surface area contributed by atoms with Crippen LogP contribution in [0, 0.1) is 5.41 Å². The summed E-state index contributed by atoms with van der Waals surface area (Å²) in [5, 5.41) is 0. The molecule has 0 spiro atoms.